The highest BCUT2D eigenvalue weighted by Crippen LogP contribution is 2.37. The monoisotopic (exact) mass is 686 g/mol. The normalized spacial score (nSPS) is 15.0. The van der Waals surface area contributed by atoms with Gasteiger partial charge in [0.25, 0.3) is 0 Å². The van der Waals surface area contributed by atoms with E-state index in [2.05, 4.69) is 21.2 Å². The van der Waals surface area contributed by atoms with Crippen LogP contribution in [0.4, 0.5) is 4.79 Å². The Labute approximate surface area is 282 Å². The van der Waals surface area contributed by atoms with Gasteiger partial charge in [-0.3, -0.25) is 5.43 Å². The van der Waals surface area contributed by atoms with Crippen LogP contribution in [0.5, 0.6) is 23.0 Å². The van der Waals surface area contributed by atoms with Gasteiger partial charge in [0.15, 0.2) is 29.2 Å². The van der Waals surface area contributed by atoms with Gasteiger partial charge in [0, 0.05) is 10.7 Å². The van der Waals surface area contributed by atoms with Crippen LogP contribution in [0.25, 0.3) is 0 Å². The Balaban J connectivity index is 1.40. The number of nitrogens with one attached hydrogen (secondary N) is 3. The number of amides is 2. The third-order valence-corrected chi connectivity index (χ3v) is 7.27. The first kappa shape index (κ1) is 35.2. The van der Waals surface area contributed by atoms with E-state index in [1.54, 1.807) is 56.3 Å². The third kappa shape index (κ3) is 9.44. The van der Waals surface area contributed by atoms with Gasteiger partial charge in [-0.15, -0.1) is 0 Å². The number of urea groups is 1. The predicted molar refractivity (Wildman–Crippen MR) is 177 cm³/mol. The fourth-order valence-corrected chi connectivity index (χ4v) is 5.02. The van der Waals surface area contributed by atoms with Crippen molar-refractivity contribution in [3.05, 3.63) is 92.6 Å². The zero-order chi connectivity index (χ0) is 33.9. The van der Waals surface area contributed by atoms with Crippen molar-refractivity contribution in [3.63, 3.8) is 0 Å². The number of allylic oxidation sites excluding steroid dienone is 1. The van der Waals surface area contributed by atoms with Crippen molar-refractivity contribution < 1.29 is 38.4 Å². The highest BCUT2D eigenvalue weighted by molar-refractivity contribution is 6.32. The maximum absolute atomic E-state index is 12.5. The summed E-state index contributed by atoms with van der Waals surface area (Å²) in [5.74, 6) is 0.950. The standard InChI is InChI=1S/C33H36Cl2N4O8/c1-5-44-26-15-22(30-29(32(41)43-4)19(3)37-33(42)38-30)9-12-25(26)46-18-28(40)39-36-16-21-13-24(35)31(27(14-21)45-6-2)47-17-20-7-10-23(34)11-8-20/h7-16,28,30,39-40H,5-6,17-18H2,1-4H3,(H2,37,38,42)/b36-16-/t28-,30-/m1/s1. The van der Waals surface area contributed by atoms with Crippen molar-refractivity contribution in [2.75, 3.05) is 26.9 Å². The molecule has 4 N–H and O–H groups in total. The number of rotatable bonds is 15. The summed E-state index contributed by atoms with van der Waals surface area (Å²) in [6.07, 6.45) is 0.285. The molecule has 3 aromatic rings. The van der Waals surface area contributed by atoms with E-state index >= 15 is 0 Å². The van der Waals surface area contributed by atoms with E-state index in [1.807, 2.05) is 19.1 Å². The molecule has 14 heteroatoms. The smallest absolute Gasteiger partial charge is 0.337 e. The van der Waals surface area contributed by atoms with E-state index in [1.165, 1.54) is 13.3 Å². The number of aliphatic hydroxyl groups is 1. The van der Waals surface area contributed by atoms with Crippen LogP contribution >= 0.6 is 23.2 Å². The van der Waals surface area contributed by atoms with Crippen LogP contribution in [0.3, 0.4) is 0 Å². The number of hydrogen-bond acceptors (Lipinski definition) is 10. The van der Waals surface area contributed by atoms with E-state index in [4.69, 9.17) is 46.9 Å². The van der Waals surface area contributed by atoms with Crippen molar-refractivity contribution >= 4 is 41.4 Å². The average Bonchev–Trinajstić information content (AvgIpc) is 3.04. The highest BCUT2D eigenvalue weighted by atomic mass is 35.5. The summed E-state index contributed by atoms with van der Waals surface area (Å²) < 4.78 is 28.2. The van der Waals surface area contributed by atoms with Gasteiger partial charge in [-0.05, 0) is 73.9 Å². The van der Waals surface area contributed by atoms with E-state index in [0.717, 1.165) is 5.56 Å². The second-order valence-corrected chi connectivity index (χ2v) is 10.9. The minimum Gasteiger partial charge on any atom is -0.490 e. The third-order valence-electron chi connectivity index (χ3n) is 6.74. The first-order valence-electron chi connectivity index (χ1n) is 14.7. The first-order valence-corrected chi connectivity index (χ1v) is 15.4. The van der Waals surface area contributed by atoms with Crippen LogP contribution in [0.15, 0.2) is 71.0 Å². The Morgan fingerprint density at radius 1 is 1.00 bits per heavy atom. The Hall–Kier alpha value is -4.65. The Kier molecular flexibility index (Phi) is 12.6. The molecule has 0 unspecified atom stereocenters. The largest absolute Gasteiger partial charge is 0.490 e. The number of halogens is 2. The van der Waals surface area contributed by atoms with Crippen LogP contribution in [0.1, 0.15) is 43.5 Å². The zero-order valence-electron chi connectivity index (χ0n) is 26.3. The molecule has 0 saturated carbocycles. The van der Waals surface area contributed by atoms with Crippen LogP contribution in [-0.2, 0) is 16.1 Å². The number of hydrogen-bond donors (Lipinski definition) is 4. The topological polar surface area (TPSA) is 149 Å². The fourth-order valence-electron chi connectivity index (χ4n) is 4.62. The number of hydrazone groups is 1. The van der Waals surface area contributed by atoms with Gasteiger partial charge in [-0.1, -0.05) is 41.4 Å². The van der Waals surface area contributed by atoms with Crippen LogP contribution < -0.4 is 35.0 Å². The van der Waals surface area contributed by atoms with Gasteiger partial charge >= 0.3 is 12.0 Å². The van der Waals surface area contributed by atoms with E-state index in [0.29, 0.717) is 63.1 Å². The molecule has 250 valence electrons. The zero-order valence-corrected chi connectivity index (χ0v) is 27.8. The number of methoxy groups -OCH3 is 1. The number of benzene rings is 3. The van der Waals surface area contributed by atoms with Crippen LogP contribution in [0, 0.1) is 0 Å². The molecule has 0 fully saturated rings. The molecule has 2 amide bonds. The summed E-state index contributed by atoms with van der Waals surface area (Å²) >= 11 is 12.5. The minimum atomic E-state index is -1.19. The minimum absolute atomic E-state index is 0.185. The Morgan fingerprint density at radius 2 is 1.72 bits per heavy atom. The maximum atomic E-state index is 12.5. The number of aliphatic hydroxyl groups excluding tert-OH is 1. The molecular weight excluding hydrogens is 651 g/mol. The molecule has 0 bridgehead atoms. The lowest BCUT2D eigenvalue weighted by Gasteiger charge is -2.28. The van der Waals surface area contributed by atoms with Gasteiger partial charge in [-0.2, -0.15) is 5.10 Å². The highest BCUT2D eigenvalue weighted by Gasteiger charge is 2.32. The van der Waals surface area contributed by atoms with Crippen molar-refractivity contribution in [2.24, 2.45) is 5.10 Å². The number of esters is 1. The van der Waals surface area contributed by atoms with Crippen LogP contribution in [-0.4, -0.2) is 56.5 Å². The first-order chi connectivity index (χ1) is 22.6. The molecule has 4 rings (SSSR count). The lowest BCUT2D eigenvalue weighted by atomic mass is 9.95. The van der Waals surface area contributed by atoms with Gasteiger partial charge < -0.3 is 39.4 Å². The van der Waals surface area contributed by atoms with Gasteiger partial charge in [0.05, 0.1) is 43.2 Å². The lowest BCUT2D eigenvalue weighted by molar-refractivity contribution is -0.136. The summed E-state index contributed by atoms with van der Waals surface area (Å²) in [5, 5.41) is 20.9. The predicted octanol–water partition coefficient (Wildman–Crippen LogP) is 5.49. The lowest BCUT2D eigenvalue weighted by Crippen LogP contribution is -2.45. The summed E-state index contributed by atoms with van der Waals surface area (Å²) in [7, 11) is 1.27. The molecule has 1 aliphatic rings. The Bertz CT molecular complexity index is 1630. The summed E-state index contributed by atoms with van der Waals surface area (Å²) in [5.41, 5.74) is 5.34. The van der Waals surface area contributed by atoms with E-state index in [-0.39, 0.29) is 18.8 Å². The van der Waals surface area contributed by atoms with E-state index < -0.39 is 24.3 Å². The van der Waals surface area contributed by atoms with Gasteiger partial charge in [0.2, 0.25) is 0 Å². The molecule has 0 aromatic heterocycles. The van der Waals surface area contributed by atoms with Crippen molar-refractivity contribution in [1.82, 2.24) is 16.1 Å². The second-order valence-electron chi connectivity index (χ2n) is 10.1. The number of nitrogens with zero attached hydrogens (tertiary/aromatic N) is 1. The molecule has 0 saturated heterocycles. The maximum Gasteiger partial charge on any atom is 0.337 e. The molecule has 0 radical (unpaired) electrons. The molecule has 47 heavy (non-hydrogen) atoms. The molecule has 1 aliphatic heterocycles. The Morgan fingerprint density at radius 3 is 2.43 bits per heavy atom. The molecule has 0 aliphatic carbocycles. The molecular formula is C33H36Cl2N4O8. The molecule has 3 aromatic carbocycles. The molecule has 1 heterocycles. The second kappa shape index (κ2) is 16.8. The summed E-state index contributed by atoms with van der Waals surface area (Å²) in [4.78, 5) is 24.6. The quantitative estimate of drug-likeness (QED) is 0.0705. The molecule has 0 spiro atoms. The number of carbonyl (C=O) groups excluding carboxylic acids is 2. The molecule has 2 atom stereocenters. The van der Waals surface area contributed by atoms with Crippen molar-refractivity contribution in [3.8, 4) is 23.0 Å². The van der Waals surface area contributed by atoms with Crippen LogP contribution in [0.2, 0.25) is 10.0 Å². The number of ether oxygens (including phenoxy) is 5. The fraction of sp³-hybridized carbons (Fsp3) is 0.303. The SMILES string of the molecule is CCOc1cc([C@H]2NC(=O)NC(C)=C2C(=O)OC)ccc1OC[C@@H](O)N/N=C\c1cc(Cl)c(OCc2ccc(Cl)cc2)c(OCC)c1. The summed E-state index contributed by atoms with van der Waals surface area (Å²) in [6.45, 7) is 6.07. The van der Waals surface area contributed by atoms with Crippen molar-refractivity contribution in [1.29, 1.82) is 0 Å². The van der Waals surface area contributed by atoms with Gasteiger partial charge in [-0.25, -0.2) is 9.59 Å². The molecule has 12 nitrogen and oxygen atoms in total. The number of carbonyl (C=O) groups is 2. The summed E-state index contributed by atoms with van der Waals surface area (Å²) in [6, 6.07) is 14.4. The average molecular weight is 688 g/mol. The van der Waals surface area contributed by atoms with Crippen molar-refractivity contribution in [2.45, 2.75) is 39.6 Å². The van der Waals surface area contributed by atoms with Gasteiger partial charge in [0.1, 0.15) is 13.2 Å². The van der Waals surface area contributed by atoms with E-state index in [9.17, 15) is 14.7 Å².